The summed E-state index contributed by atoms with van der Waals surface area (Å²) in [5.74, 6) is 1.92. The molecule has 11 rings (SSSR count). The highest BCUT2D eigenvalue weighted by Crippen LogP contribution is 2.48. The molecule has 5 nitrogen and oxygen atoms in total. The number of benzene rings is 8. The van der Waals surface area contributed by atoms with Crippen LogP contribution >= 0.6 is 0 Å². The van der Waals surface area contributed by atoms with Crippen LogP contribution in [0, 0.1) is 0 Å². The van der Waals surface area contributed by atoms with E-state index in [1.807, 2.05) is 60.7 Å². The minimum atomic E-state index is 0.632. The van der Waals surface area contributed by atoms with E-state index < -0.39 is 0 Å². The molecule has 1 aliphatic rings. The molecule has 2 aromatic heterocycles. The Labute approximate surface area is 336 Å². The van der Waals surface area contributed by atoms with Crippen LogP contribution in [0.4, 0.5) is 17.1 Å². The van der Waals surface area contributed by atoms with Crippen molar-refractivity contribution in [3.05, 3.63) is 211 Å². The molecule has 1 aliphatic heterocycles. The number of aromatic nitrogens is 4. The van der Waals surface area contributed by atoms with Crippen LogP contribution < -0.4 is 4.90 Å². The Morgan fingerprint density at radius 2 is 0.879 bits per heavy atom. The number of nitrogens with zero attached hydrogens (tertiary/aromatic N) is 5. The summed E-state index contributed by atoms with van der Waals surface area (Å²) in [7, 11) is 0. The fraction of sp³-hybridized carbons (Fsp3) is 0. The fourth-order valence-corrected chi connectivity index (χ4v) is 8.29. The summed E-state index contributed by atoms with van der Waals surface area (Å²) in [5, 5.41) is 2.41. The zero-order valence-electron chi connectivity index (χ0n) is 31.4. The van der Waals surface area contributed by atoms with Gasteiger partial charge >= 0.3 is 0 Å². The smallest absolute Gasteiger partial charge is 0.164 e. The first kappa shape index (κ1) is 33.4. The molecule has 5 heteroatoms. The van der Waals surface area contributed by atoms with E-state index >= 15 is 0 Å². The van der Waals surface area contributed by atoms with E-state index in [0.717, 1.165) is 55.9 Å². The van der Waals surface area contributed by atoms with E-state index in [0.29, 0.717) is 17.5 Å². The third-order valence-corrected chi connectivity index (χ3v) is 11.0. The van der Waals surface area contributed by atoms with Gasteiger partial charge < -0.3 is 9.47 Å². The molecule has 272 valence electrons. The van der Waals surface area contributed by atoms with Gasteiger partial charge in [0.1, 0.15) is 0 Å². The van der Waals surface area contributed by atoms with Crippen molar-refractivity contribution in [1.29, 1.82) is 0 Å². The Kier molecular flexibility index (Phi) is 8.07. The van der Waals surface area contributed by atoms with Crippen LogP contribution in [0.15, 0.2) is 200 Å². The van der Waals surface area contributed by atoms with Gasteiger partial charge in [-0.05, 0) is 70.8 Å². The highest BCUT2D eigenvalue weighted by molar-refractivity contribution is 6.19. The van der Waals surface area contributed by atoms with Crippen molar-refractivity contribution in [1.82, 2.24) is 19.5 Å². The number of rotatable bonds is 6. The van der Waals surface area contributed by atoms with Crippen molar-refractivity contribution in [3.8, 4) is 51.0 Å². The molecule has 0 amide bonds. The summed E-state index contributed by atoms with van der Waals surface area (Å²) in [6, 6.07) is 70.2. The van der Waals surface area contributed by atoms with Crippen molar-refractivity contribution in [2.45, 2.75) is 0 Å². The van der Waals surface area contributed by atoms with Crippen LogP contribution in [0.5, 0.6) is 0 Å². The molecule has 0 radical (unpaired) electrons. The third kappa shape index (κ3) is 5.76. The first-order valence-electron chi connectivity index (χ1n) is 19.5. The van der Waals surface area contributed by atoms with E-state index in [1.54, 1.807) is 0 Å². The second kappa shape index (κ2) is 14.0. The number of anilines is 3. The monoisotopic (exact) mass is 741 g/mol. The topological polar surface area (TPSA) is 46.8 Å². The molecular formula is C53H35N5. The predicted octanol–water partition coefficient (Wildman–Crippen LogP) is 13.6. The van der Waals surface area contributed by atoms with Gasteiger partial charge in [0.25, 0.3) is 0 Å². The summed E-state index contributed by atoms with van der Waals surface area (Å²) in [4.78, 5) is 17.4. The van der Waals surface area contributed by atoms with Gasteiger partial charge in [-0.2, -0.15) is 0 Å². The van der Waals surface area contributed by atoms with Gasteiger partial charge in [-0.3, -0.25) is 0 Å². The molecule has 0 saturated heterocycles. The van der Waals surface area contributed by atoms with Crippen LogP contribution in [-0.4, -0.2) is 19.5 Å². The average Bonchev–Trinajstić information content (AvgIpc) is 3.54. The molecule has 0 aliphatic carbocycles. The molecule has 10 aromatic rings. The zero-order chi connectivity index (χ0) is 38.4. The van der Waals surface area contributed by atoms with Gasteiger partial charge in [0, 0.05) is 38.8 Å². The van der Waals surface area contributed by atoms with Crippen LogP contribution in [-0.2, 0) is 0 Å². The van der Waals surface area contributed by atoms with Gasteiger partial charge in [-0.1, -0.05) is 164 Å². The lowest BCUT2D eigenvalue weighted by Gasteiger charge is -2.28. The lowest BCUT2D eigenvalue weighted by molar-refractivity contribution is 1.07. The van der Waals surface area contributed by atoms with E-state index in [4.69, 9.17) is 15.0 Å². The summed E-state index contributed by atoms with van der Waals surface area (Å²) in [5.41, 5.74) is 14.2. The van der Waals surface area contributed by atoms with Crippen LogP contribution in [0.3, 0.4) is 0 Å². The summed E-state index contributed by atoms with van der Waals surface area (Å²) < 4.78 is 2.41. The molecule has 0 atom stereocenters. The molecule has 0 spiro atoms. The summed E-state index contributed by atoms with van der Waals surface area (Å²) >= 11 is 0. The second-order valence-corrected chi connectivity index (χ2v) is 14.5. The van der Waals surface area contributed by atoms with Gasteiger partial charge in [-0.25, -0.2) is 15.0 Å². The Bertz CT molecular complexity index is 3110. The molecule has 0 N–H and O–H groups in total. The number of para-hydroxylation sites is 3. The normalized spacial score (nSPS) is 12.0. The van der Waals surface area contributed by atoms with E-state index in [-0.39, 0.29) is 0 Å². The van der Waals surface area contributed by atoms with Gasteiger partial charge in [0.15, 0.2) is 17.5 Å². The maximum absolute atomic E-state index is 5.01. The quantitative estimate of drug-likeness (QED) is 0.170. The number of hydrogen-bond donors (Lipinski definition) is 0. The van der Waals surface area contributed by atoms with Gasteiger partial charge in [-0.15, -0.1) is 0 Å². The second-order valence-electron chi connectivity index (χ2n) is 14.5. The minimum Gasteiger partial charge on any atom is -0.309 e. The predicted molar refractivity (Wildman–Crippen MR) is 240 cm³/mol. The molecular weight excluding hydrogens is 707 g/mol. The van der Waals surface area contributed by atoms with Crippen molar-refractivity contribution in [2.24, 2.45) is 0 Å². The summed E-state index contributed by atoms with van der Waals surface area (Å²) in [6.45, 7) is 0. The van der Waals surface area contributed by atoms with E-state index in [1.165, 1.54) is 27.6 Å². The molecule has 8 aromatic carbocycles. The van der Waals surface area contributed by atoms with Crippen molar-refractivity contribution in [2.75, 3.05) is 4.90 Å². The van der Waals surface area contributed by atoms with Gasteiger partial charge in [0.2, 0.25) is 0 Å². The van der Waals surface area contributed by atoms with Crippen molar-refractivity contribution >= 4 is 51.0 Å². The highest BCUT2D eigenvalue weighted by Gasteiger charge is 2.26. The Balaban J connectivity index is 1.07. The van der Waals surface area contributed by atoms with Crippen molar-refractivity contribution < 1.29 is 0 Å². The Morgan fingerprint density at radius 1 is 0.345 bits per heavy atom. The molecule has 3 heterocycles. The van der Waals surface area contributed by atoms with Crippen LogP contribution in [0.25, 0.3) is 84.9 Å². The maximum atomic E-state index is 5.01. The third-order valence-electron chi connectivity index (χ3n) is 11.0. The average molecular weight is 742 g/mol. The largest absolute Gasteiger partial charge is 0.309 e. The highest BCUT2D eigenvalue weighted by atomic mass is 15.2. The Hall–Kier alpha value is -7.89. The molecule has 0 bridgehead atoms. The molecule has 0 unspecified atom stereocenters. The molecule has 0 fully saturated rings. The SMILES string of the molecule is C1=Cc2ccc3c(c2N(c2ccccc2)c2ccccc21)c1ccccc1n3-c1cccc(-c2cccc(-c3nc(-c4ccccc4)nc(-c4ccccc4)n3)c2)c1. The minimum absolute atomic E-state index is 0.632. The first-order valence-corrected chi connectivity index (χ1v) is 19.5. The Morgan fingerprint density at radius 3 is 1.62 bits per heavy atom. The molecule has 58 heavy (non-hydrogen) atoms. The maximum Gasteiger partial charge on any atom is 0.164 e. The fourth-order valence-electron chi connectivity index (χ4n) is 8.29. The first-order chi connectivity index (χ1) is 28.8. The van der Waals surface area contributed by atoms with Gasteiger partial charge in [0.05, 0.1) is 22.4 Å². The lowest BCUT2D eigenvalue weighted by Crippen LogP contribution is -2.12. The molecule has 0 saturated carbocycles. The lowest BCUT2D eigenvalue weighted by atomic mass is 10.0. The number of hydrogen-bond acceptors (Lipinski definition) is 4. The van der Waals surface area contributed by atoms with Crippen molar-refractivity contribution in [3.63, 3.8) is 0 Å². The number of fused-ring (bicyclic) bond motifs is 6. The van der Waals surface area contributed by atoms with Crippen LogP contribution in [0.1, 0.15) is 11.1 Å². The van der Waals surface area contributed by atoms with Crippen LogP contribution in [0.2, 0.25) is 0 Å². The van der Waals surface area contributed by atoms with E-state index in [2.05, 4.69) is 161 Å². The van der Waals surface area contributed by atoms with E-state index in [9.17, 15) is 0 Å². The standard InChI is InChI=1S/C53H35N5/c1-4-17-38(18-5-1)51-54-52(39-19-6-2-7-20-39)56-53(55-51)42-23-14-21-40(34-42)41-22-15-26-44(35-41)57-47-29-13-11-27-45(47)49-48(57)33-32-37-31-30-36-16-10-12-28-46(36)58(50(37)49)43-24-8-3-9-25-43/h1-35H. The summed E-state index contributed by atoms with van der Waals surface area (Å²) in [6.07, 6.45) is 4.50. The zero-order valence-corrected chi connectivity index (χ0v) is 31.4.